The molecule has 0 saturated carbocycles. The highest BCUT2D eigenvalue weighted by molar-refractivity contribution is 7.85. The van der Waals surface area contributed by atoms with Crippen LogP contribution in [0.1, 0.15) is 13.8 Å². The molecule has 128 valence electrons. The van der Waals surface area contributed by atoms with Gasteiger partial charge in [0.1, 0.15) is 0 Å². The number of hydrogen-bond donors (Lipinski definition) is 1. The summed E-state index contributed by atoms with van der Waals surface area (Å²) in [5.74, 6) is 1.96. The van der Waals surface area contributed by atoms with Crippen LogP contribution in [0.25, 0.3) is 10.8 Å². The average molecular weight is 343 g/mol. The van der Waals surface area contributed by atoms with Gasteiger partial charge in [-0.25, -0.2) is 0 Å². The van der Waals surface area contributed by atoms with Crippen LogP contribution in [0.4, 0.5) is 0 Å². The maximum atomic E-state index is 9.19. The van der Waals surface area contributed by atoms with Gasteiger partial charge in [0, 0.05) is 23.2 Å². The first-order chi connectivity index (χ1) is 10.7. The topological polar surface area (TPSA) is 95.0 Å². The molecule has 0 bridgehead atoms. The number of rotatable bonds is 4. The quantitative estimate of drug-likeness (QED) is 0.852. The van der Waals surface area contributed by atoms with Crippen molar-refractivity contribution >= 4 is 20.9 Å². The Morgan fingerprint density at radius 2 is 1.78 bits per heavy atom. The number of nitrogens with zero attached hydrogens (tertiary/aromatic N) is 1. The Kier molecular flexibility index (Phi) is 6.59. The van der Waals surface area contributed by atoms with E-state index in [1.807, 2.05) is 26.0 Å². The monoisotopic (exact) mass is 343 g/mol. The van der Waals surface area contributed by atoms with Crippen molar-refractivity contribution in [3.8, 4) is 17.2 Å². The first-order valence-corrected chi connectivity index (χ1v) is 8.60. The molecule has 0 radical (unpaired) electrons. The molecular formula is C15H21NO6S. The van der Waals surface area contributed by atoms with Gasteiger partial charge in [0.05, 0.1) is 26.6 Å². The van der Waals surface area contributed by atoms with Crippen molar-refractivity contribution in [2.45, 2.75) is 20.0 Å². The standard InChI is InChI=1S/C14H17NO3.CH4O3S/c1-9(2)18-13-11-5-6-15-8-10(11)7-12(16-3)14(13)17-4;1-5(2,3)4/h5-9H,1-4H3;1H3,(H,2,3,4). The Bertz CT molecular complexity index is 750. The van der Waals surface area contributed by atoms with Crippen LogP contribution in [-0.4, -0.2) is 44.5 Å². The van der Waals surface area contributed by atoms with Gasteiger partial charge < -0.3 is 14.2 Å². The number of methoxy groups -OCH3 is 2. The second-order valence-corrected chi connectivity index (χ2v) is 6.40. The fraction of sp³-hybridized carbons (Fsp3) is 0.400. The molecule has 0 aliphatic carbocycles. The molecule has 0 unspecified atom stereocenters. The molecule has 0 atom stereocenters. The van der Waals surface area contributed by atoms with E-state index in [1.54, 1.807) is 26.6 Å². The summed E-state index contributed by atoms with van der Waals surface area (Å²) >= 11 is 0. The molecule has 1 aromatic heterocycles. The predicted molar refractivity (Wildman–Crippen MR) is 88.1 cm³/mol. The number of fused-ring (bicyclic) bond motifs is 1. The van der Waals surface area contributed by atoms with E-state index < -0.39 is 10.1 Å². The lowest BCUT2D eigenvalue weighted by Crippen LogP contribution is -2.08. The Hall–Kier alpha value is -2.06. The van der Waals surface area contributed by atoms with Gasteiger partial charge in [-0.1, -0.05) is 0 Å². The van der Waals surface area contributed by atoms with Crippen LogP contribution in [0.15, 0.2) is 24.5 Å². The summed E-state index contributed by atoms with van der Waals surface area (Å²) in [6, 6.07) is 3.81. The summed E-state index contributed by atoms with van der Waals surface area (Å²) in [6.45, 7) is 3.96. The minimum Gasteiger partial charge on any atom is -0.493 e. The van der Waals surface area contributed by atoms with Crippen LogP contribution < -0.4 is 14.2 Å². The average Bonchev–Trinajstić information content (AvgIpc) is 2.44. The van der Waals surface area contributed by atoms with Crippen LogP contribution >= 0.6 is 0 Å². The molecule has 0 saturated heterocycles. The highest BCUT2D eigenvalue weighted by Crippen LogP contribution is 2.43. The lowest BCUT2D eigenvalue weighted by Gasteiger charge is -2.18. The molecule has 0 aliphatic heterocycles. The molecule has 1 heterocycles. The van der Waals surface area contributed by atoms with E-state index in [1.165, 1.54) is 0 Å². The fourth-order valence-corrected chi connectivity index (χ4v) is 1.87. The maximum absolute atomic E-state index is 9.19. The summed E-state index contributed by atoms with van der Waals surface area (Å²) in [7, 11) is -0.447. The second-order valence-electron chi connectivity index (χ2n) is 4.94. The predicted octanol–water partition coefficient (Wildman–Crippen LogP) is 2.54. The van der Waals surface area contributed by atoms with Gasteiger partial charge in [-0.15, -0.1) is 0 Å². The third-order valence-electron chi connectivity index (χ3n) is 2.59. The van der Waals surface area contributed by atoms with Crippen LogP contribution in [0.3, 0.4) is 0 Å². The van der Waals surface area contributed by atoms with Crippen LogP contribution in [0.5, 0.6) is 17.2 Å². The largest absolute Gasteiger partial charge is 0.493 e. The molecule has 8 heteroatoms. The first-order valence-electron chi connectivity index (χ1n) is 6.75. The molecule has 0 fully saturated rings. The van der Waals surface area contributed by atoms with E-state index in [0.717, 1.165) is 10.8 Å². The van der Waals surface area contributed by atoms with Gasteiger partial charge in [-0.2, -0.15) is 8.42 Å². The number of hydrogen-bond acceptors (Lipinski definition) is 6. The lowest BCUT2D eigenvalue weighted by atomic mass is 10.1. The van der Waals surface area contributed by atoms with Gasteiger partial charge in [-0.05, 0) is 26.0 Å². The summed E-state index contributed by atoms with van der Waals surface area (Å²) in [6.07, 6.45) is 4.29. The Balaban J connectivity index is 0.000000463. The van der Waals surface area contributed by atoms with Crippen molar-refractivity contribution in [1.82, 2.24) is 4.98 Å². The van der Waals surface area contributed by atoms with E-state index >= 15 is 0 Å². The Morgan fingerprint density at radius 1 is 1.17 bits per heavy atom. The molecule has 0 spiro atoms. The minimum atomic E-state index is -3.67. The van der Waals surface area contributed by atoms with Gasteiger partial charge in [-0.3, -0.25) is 9.54 Å². The molecule has 7 nitrogen and oxygen atoms in total. The molecule has 2 aromatic rings. The van der Waals surface area contributed by atoms with Gasteiger partial charge in [0.2, 0.25) is 5.75 Å². The third kappa shape index (κ3) is 5.91. The van der Waals surface area contributed by atoms with Crippen LogP contribution in [0.2, 0.25) is 0 Å². The summed E-state index contributed by atoms with van der Waals surface area (Å²) in [5, 5.41) is 1.93. The lowest BCUT2D eigenvalue weighted by molar-refractivity contribution is 0.230. The van der Waals surface area contributed by atoms with E-state index in [9.17, 15) is 8.42 Å². The number of aromatic nitrogens is 1. The van der Waals surface area contributed by atoms with Crippen LogP contribution in [0, 0.1) is 0 Å². The highest BCUT2D eigenvalue weighted by atomic mass is 32.2. The van der Waals surface area contributed by atoms with Crippen molar-refractivity contribution < 1.29 is 27.2 Å². The fourth-order valence-electron chi connectivity index (χ4n) is 1.87. The summed E-state index contributed by atoms with van der Waals surface area (Å²) in [4.78, 5) is 4.11. The molecule has 0 amide bonds. The zero-order chi connectivity index (χ0) is 17.6. The molecule has 0 aliphatic rings. The second kappa shape index (κ2) is 7.98. The van der Waals surface area contributed by atoms with Gasteiger partial charge >= 0.3 is 0 Å². The number of benzene rings is 1. The number of pyridine rings is 1. The van der Waals surface area contributed by atoms with E-state index in [4.69, 9.17) is 18.8 Å². The van der Waals surface area contributed by atoms with E-state index in [0.29, 0.717) is 23.5 Å². The van der Waals surface area contributed by atoms with Crippen molar-refractivity contribution in [3.63, 3.8) is 0 Å². The van der Waals surface area contributed by atoms with Gasteiger partial charge in [0.15, 0.2) is 11.5 Å². The molecule has 1 N–H and O–H groups in total. The zero-order valence-corrected chi connectivity index (χ0v) is 14.5. The first kappa shape index (κ1) is 19.0. The van der Waals surface area contributed by atoms with Crippen molar-refractivity contribution in [2.24, 2.45) is 0 Å². The summed E-state index contributed by atoms with van der Waals surface area (Å²) < 4.78 is 42.5. The molecule has 23 heavy (non-hydrogen) atoms. The van der Waals surface area contributed by atoms with Crippen molar-refractivity contribution in [1.29, 1.82) is 0 Å². The van der Waals surface area contributed by atoms with Crippen molar-refractivity contribution in [2.75, 3.05) is 20.5 Å². The number of ether oxygens (including phenoxy) is 3. The summed E-state index contributed by atoms with van der Waals surface area (Å²) in [5.41, 5.74) is 0. The smallest absolute Gasteiger partial charge is 0.261 e. The van der Waals surface area contributed by atoms with Gasteiger partial charge in [0.25, 0.3) is 10.1 Å². The minimum absolute atomic E-state index is 0.0578. The van der Waals surface area contributed by atoms with Crippen LogP contribution in [-0.2, 0) is 10.1 Å². The maximum Gasteiger partial charge on any atom is 0.261 e. The normalized spacial score (nSPS) is 10.9. The Labute approximate surface area is 135 Å². The zero-order valence-electron chi connectivity index (χ0n) is 13.7. The molecule has 2 rings (SSSR count). The van der Waals surface area contributed by atoms with E-state index in [-0.39, 0.29) is 6.10 Å². The van der Waals surface area contributed by atoms with Crippen molar-refractivity contribution in [3.05, 3.63) is 24.5 Å². The third-order valence-corrected chi connectivity index (χ3v) is 2.59. The SMILES string of the molecule is COc1cc2cnccc2c(OC(C)C)c1OC.CS(=O)(=O)O. The van der Waals surface area contributed by atoms with E-state index in [2.05, 4.69) is 4.98 Å². The molecule has 1 aromatic carbocycles. The highest BCUT2D eigenvalue weighted by Gasteiger charge is 2.17. The Morgan fingerprint density at radius 3 is 2.26 bits per heavy atom. The molecular weight excluding hydrogens is 322 g/mol.